The van der Waals surface area contributed by atoms with E-state index in [2.05, 4.69) is 45.5 Å². The average Bonchev–Trinajstić information content (AvgIpc) is 3.39. The molecule has 0 aliphatic heterocycles. The topological polar surface area (TPSA) is 54.7 Å². The van der Waals surface area contributed by atoms with Gasteiger partial charge in [0.05, 0.1) is 0 Å². The van der Waals surface area contributed by atoms with Crippen LogP contribution in [0, 0.1) is 0 Å². The minimum Gasteiger partial charge on any atom is -0.455 e. The molecule has 2 aromatic heterocycles. The molecule has 0 saturated carbocycles. The number of fused-ring (bicyclic) bond motifs is 5. The third-order valence-corrected chi connectivity index (χ3v) is 5.15. The molecule has 0 aliphatic rings. The van der Waals surface area contributed by atoms with Crippen LogP contribution in [0.4, 0.5) is 0 Å². The van der Waals surface area contributed by atoms with Crippen LogP contribution in [0.5, 0.6) is 0 Å². The Kier molecular flexibility index (Phi) is 3.14. The normalized spacial score (nSPS) is 11.6. The third-order valence-electron chi connectivity index (χ3n) is 5.15. The number of H-pyrrole nitrogens is 1. The first-order valence-electron chi connectivity index (χ1n) is 9.19. The molecule has 4 heteroatoms. The Labute approximate surface area is 160 Å². The Hall–Kier alpha value is -3.92. The number of nitrogens with zero attached hydrogens (tertiary/aromatic N) is 2. The molecule has 0 bridgehead atoms. The molecule has 0 aliphatic carbocycles. The van der Waals surface area contributed by atoms with Crippen molar-refractivity contribution in [2.45, 2.75) is 0 Å². The second kappa shape index (κ2) is 5.79. The van der Waals surface area contributed by atoms with Crippen LogP contribution in [0.15, 0.2) is 89.3 Å². The maximum absolute atomic E-state index is 6.25. The van der Waals surface area contributed by atoms with E-state index >= 15 is 0 Å². The van der Waals surface area contributed by atoms with Crippen molar-refractivity contribution in [3.05, 3.63) is 84.9 Å². The lowest BCUT2D eigenvalue weighted by molar-refractivity contribution is 0.673. The molecular formula is C24H15N3O. The lowest BCUT2D eigenvalue weighted by Gasteiger charge is -1.97. The highest BCUT2D eigenvalue weighted by atomic mass is 16.3. The minimum atomic E-state index is 0.658. The summed E-state index contributed by atoms with van der Waals surface area (Å²) in [5.74, 6) is 1.41. The van der Waals surface area contributed by atoms with E-state index in [0.29, 0.717) is 5.82 Å². The molecule has 0 fully saturated rings. The van der Waals surface area contributed by atoms with Crippen LogP contribution in [0.25, 0.3) is 55.5 Å². The molecule has 4 aromatic carbocycles. The standard InChI is InChI=1S/C24H15N3O/c1-2-7-16(8-3-1)23-25-24(27-26-23)17-11-12-19-20-13-10-15-6-4-5-9-18(15)22(20)28-21(19)14-17/h1-14H,(H,25,26,27). The first-order valence-corrected chi connectivity index (χ1v) is 9.19. The number of hydrogen-bond acceptors (Lipinski definition) is 3. The molecule has 0 atom stereocenters. The smallest absolute Gasteiger partial charge is 0.181 e. The van der Waals surface area contributed by atoms with E-state index < -0.39 is 0 Å². The van der Waals surface area contributed by atoms with Gasteiger partial charge in [0.1, 0.15) is 11.2 Å². The van der Waals surface area contributed by atoms with Gasteiger partial charge in [-0.15, -0.1) is 0 Å². The number of aromatic nitrogens is 3. The van der Waals surface area contributed by atoms with Crippen molar-refractivity contribution in [2.75, 3.05) is 0 Å². The zero-order valence-corrected chi connectivity index (χ0v) is 14.9. The van der Waals surface area contributed by atoms with Crippen molar-refractivity contribution in [3.8, 4) is 22.8 Å². The van der Waals surface area contributed by atoms with E-state index in [-0.39, 0.29) is 0 Å². The number of rotatable bonds is 2. The van der Waals surface area contributed by atoms with Gasteiger partial charge in [0, 0.05) is 27.3 Å². The fourth-order valence-corrected chi connectivity index (χ4v) is 3.76. The predicted octanol–water partition coefficient (Wildman–Crippen LogP) is 6.19. The highest BCUT2D eigenvalue weighted by molar-refractivity contribution is 6.15. The zero-order valence-electron chi connectivity index (χ0n) is 14.9. The maximum Gasteiger partial charge on any atom is 0.181 e. The van der Waals surface area contributed by atoms with Gasteiger partial charge in [-0.25, -0.2) is 4.98 Å². The van der Waals surface area contributed by atoms with E-state index in [9.17, 15) is 0 Å². The highest BCUT2D eigenvalue weighted by Crippen LogP contribution is 2.35. The summed E-state index contributed by atoms with van der Waals surface area (Å²) in [4.78, 5) is 4.65. The number of nitrogens with one attached hydrogen (secondary N) is 1. The first kappa shape index (κ1) is 15.2. The van der Waals surface area contributed by atoms with Crippen molar-refractivity contribution in [2.24, 2.45) is 0 Å². The van der Waals surface area contributed by atoms with E-state index in [4.69, 9.17) is 4.42 Å². The fourth-order valence-electron chi connectivity index (χ4n) is 3.76. The molecule has 6 rings (SSSR count). The Bertz CT molecular complexity index is 1460. The second-order valence-corrected chi connectivity index (χ2v) is 6.85. The summed E-state index contributed by atoms with van der Waals surface area (Å²) in [5.41, 5.74) is 3.70. The summed E-state index contributed by atoms with van der Waals surface area (Å²) >= 11 is 0. The summed E-state index contributed by atoms with van der Waals surface area (Å²) in [6.07, 6.45) is 0. The van der Waals surface area contributed by atoms with Crippen molar-refractivity contribution in [1.29, 1.82) is 0 Å². The Balaban J connectivity index is 1.51. The molecule has 6 aromatic rings. The van der Waals surface area contributed by atoms with Gasteiger partial charge < -0.3 is 4.42 Å². The van der Waals surface area contributed by atoms with Gasteiger partial charge in [-0.1, -0.05) is 66.7 Å². The van der Waals surface area contributed by atoms with Gasteiger partial charge in [0.25, 0.3) is 0 Å². The summed E-state index contributed by atoms with van der Waals surface area (Å²) in [5, 5.41) is 12.0. The van der Waals surface area contributed by atoms with Gasteiger partial charge >= 0.3 is 0 Å². The van der Waals surface area contributed by atoms with Crippen LogP contribution in [0.2, 0.25) is 0 Å². The number of aromatic amines is 1. The second-order valence-electron chi connectivity index (χ2n) is 6.85. The lowest BCUT2D eigenvalue weighted by Crippen LogP contribution is -1.81. The van der Waals surface area contributed by atoms with E-state index in [0.717, 1.165) is 44.3 Å². The Morgan fingerprint density at radius 1 is 0.679 bits per heavy atom. The lowest BCUT2D eigenvalue weighted by atomic mass is 10.1. The third kappa shape index (κ3) is 2.25. The molecule has 0 unspecified atom stereocenters. The highest BCUT2D eigenvalue weighted by Gasteiger charge is 2.13. The largest absolute Gasteiger partial charge is 0.455 e. The molecule has 0 amide bonds. The number of benzene rings is 4. The maximum atomic E-state index is 6.25. The molecule has 0 saturated heterocycles. The molecule has 1 N–H and O–H groups in total. The molecule has 0 radical (unpaired) electrons. The van der Waals surface area contributed by atoms with Gasteiger partial charge in [-0.3, -0.25) is 5.10 Å². The number of furan rings is 1. The van der Waals surface area contributed by atoms with Crippen LogP contribution >= 0.6 is 0 Å². The van der Waals surface area contributed by atoms with Crippen LogP contribution in [0.1, 0.15) is 0 Å². The van der Waals surface area contributed by atoms with Gasteiger partial charge in [-0.2, -0.15) is 5.10 Å². The van der Waals surface area contributed by atoms with E-state index in [1.54, 1.807) is 0 Å². The first-order chi connectivity index (χ1) is 13.9. The predicted molar refractivity (Wildman–Crippen MR) is 112 cm³/mol. The van der Waals surface area contributed by atoms with Crippen molar-refractivity contribution in [1.82, 2.24) is 15.2 Å². The molecular weight excluding hydrogens is 346 g/mol. The summed E-state index contributed by atoms with van der Waals surface area (Å²) in [6, 6.07) is 28.7. The summed E-state index contributed by atoms with van der Waals surface area (Å²) in [6.45, 7) is 0. The van der Waals surface area contributed by atoms with Crippen molar-refractivity contribution >= 4 is 32.7 Å². The summed E-state index contributed by atoms with van der Waals surface area (Å²) in [7, 11) is 0. The van der Waals surface area contributed by atoms with Gasteiger partial charge in [0.2, 0.25) is 0 Å². The fraction of sp³-hybridized carbons (Fsp3) is 0. The molecule has 4 nitrogen and oxygen atoms in total. The van der Waals surface area contributed by atoms with E-state index in [1.165, 1.54) is 5.39 Å². The van der Waals surface area contributed by atoms with Crippen LogP contribution in [0.3, 0.4) is 0 Å². The molecule has 0 spiro atoms. The zero-order chi connectivity index (χ0) is 18.5. The van der Waals surface area contributed by atoms with Crippen LogP contribution < -0.4 is 0 Å². The molecule has 2 heterocycles. The van der Waals surface area contributed by atoms with Crippen LogP contribution in [-0.2, 0) is 0 Å². The van der Waals surface area contributed by atoms with Crippen molar-refractivity contribution < 1.29 is 4.42 Å². The Morgan fingerprint density at radius 3 is 2.43 bits per heavy atom. The van der Waals surface area contributed by atoms with Gasteiger partial charge in [-0.05, 0) is 23.6 Å². The van der Waals surface area contributed by atoms with Crippen molar-refractivity contribution in [3.63, 3.8) is 0 Å². The minimum absolute atomic E-state index is 0.658. The average molecular weight is 361 g/mol. The van der Waals surface area contributed by atoms with Crippen LogP contribution in [-0.4, -0.2) is 15.2 Å². The Morgan fingerprint density at radius 2 is 1.50 bits per heavy atom. The van der Waals surface area contributed by atoms with Gasteiger partial charge in [0.15, 0.2) is 11.6 Å². The number of hydrogen-bond donors (Lipinski definition) is 1. The monoisotopic (exact) mass is 361 g/mol. The quantitative estimate of drug-likeness (QED) is 0.400. The van der Waals surface area contributed by atoms with E-state index in [1.807, 2.05) is 54.6 Å². The molecule has 28 heavy (non-hydrogen) atoms. The summed E-state index contributed by atoms with van der Waals surface area (Å²) < 4.78 is 6.25. The molecule has 132 valence electrons. The SMILES string of the molecule is c1ccc(-c2nc(-c3ccc4c(c3)oc3c5ccccc5ccc43)n[nH]2)cc1.